The van der Waals surface area contributed by atoms with Crippen molar-refractivity contribution in [3.8, 4) is 0 Å². The number of benzene rings is 2. The Morgan fingerprint density at radius 3 is 2.55 bits per heavy atom. The van der Waals surface area contributed by atoms with Crippen molar-refractivity contribution in [2.75, 3.05) is 0 Å². The molecule has 0 aliphatic heterocycles. The molecule has 0 atom stereocenters. The molecule has 3 rings (SSSR count). The number of hydrogen-bond acceptors (Lipinski definition) is 2. The Labute approximate surface area is 130 Å². The van der Waals surface area contributed by atoms with Gasteiger partial charge in [0.2, 0.25) is 0 Å². The standard InChI is InChI=1S/C16H13BrClNO/c17-12-7-5-11(6-8-12)9-19-10-14-13-3-1-2-4-15(13)20-16(14)18/h1-8,19H,9-10H2. The van der Waals surface area contributed by atoms with Gasteiger partial charge in [0.15, 0.2) is 5.22 Å². The second kappa shape index (κ2) is 6.00. The molecular formula is C16H13BrClNO. The van der Waals surface area contributed by atoms with Crippen LogP contribution in [0.1, 0.15) is 11.1 Å². The fraction of sp³-hybridized carbons (Fsp3) is 0.125. The van der Waals surface area contributed by atoms with Gasteiger partial charge in [0.25, 0.3) is 0 Å². The van der Waals surface area contributed by atoms with Crippen LogP contribution in [0.25, 0.3) is 11.0 Å². The molecule has 102 valence electrons. The molecule has 2 aromatic carbocycles. The van der Waals surface area contributed by atoms with Crippen molar-refractivity contribution < 1.29 is 4.42 Å². The van der Waals surface area contributed by atoms with Crippen LogP contribution in [0, 0.1) is 0 Å². The lowest BCUT2D eigenvalue weighted by Crippen LogP contribution is -2.12. The number of fused-ring (bicyclic) bond motifs is 1. The third-order valence-corrected chi connectivity index (χ3v) is 4.03. The third kappa shape index (κ3) is 2.90. The van der Waals surface area contributed by atoms with Gasteiger partial charge < -0.3 is 9.73 Å². The van der Waals surface area contributed by atoms with E-state index in [0.29, 0.717) is 11.8 Å². The highest BCUT2D eigenvalue weighted by atomic mass is 79.9. The molecule has 3 aromatic rings. The Balaban J connectivity index is 1.71. The van der Waals surface area contributed by atoms with Crippen LogP contribution in [-0.2, 0) is 13.1 Å². The van der Waals surface area contributed by atoms with Crippen LogP contribution < -0.4 is 5.32 Å². The fourth-order valence-corrected chi connectivity index (χ4v) is 2.68. The second-order valence-electron chi connectivity index (χ2n) is 4.58. The minimum Gasteiger partial charge on any atom is -0.444 e. The van der Waals surface area contributed by atoms with Crippen LogP contribution in [0.15, 0.2) is 57.4 Å². The molecule has 4 heteroatoms. The predicted molar refractivity (Wildman–Crippen MR) is 85.9 cm³/mol. The summed E-state index contributed by atoms with van der Waals surface area (Å²) in [5, 5.41) is 4.93. The highest BCUT2D eigenvalue weighted by molar-refractivity contribution is 9.10. The molecule has 0 bridgehead atoms. The SMILES string of the molecule is Clc1oc2ccccc2c1CNCc1ccc(Br)cc1. The van der Waals surface area contributed by atoms with Crippen molar-refractivity contribution in [2.45, 2.75) is 13.1 Å². The molecule has 0 fully saturated rings. The van der Waals surface area contributed by atoms with Crippen LogP contribution in [-0.4, -0.2) is 0 Å². The average Bonchev–Trinajstić information content (AvgIpc) is 2.77. The fourth-order valence-electron chi connectivity index (χ4n) is 2.17. The van der Waals surface area contributed by atoms with Gasteiger partial charge in [0.05, 0.1) is 0 Å². The van der Waals surface area contributed by atoms with Gasteiger partial charge in [-0.05, 0) is 35.4 Å². The zero-order valence-electron chi connectivity index (χ0n) is 10.7. The Bertz CT molecular complexity index is 721. The number of nitrogens with one attached hydrogen (secondary N) is 1. The average molecular weight is 351 g/mol. The number of hydrogen-bond donors (Lipinski definition) is 1. The van der Waals surface area contributed by atoms with Crippen LogP contribution in [0.4, 0.5) is 0 Å². The monoisotopic (exact) mass is 349 g/mol. The molecule has 2 nitrogen and oxygen atoms in total. The van der Waals surface area contributed by atoms with Gasteiger partial charge in [-0.2, -0.15) is 0 Å². The van der Waals surface area contributed by atoms with Crippen molar-refractivity contribution in [3.63, 3.8) is 0 Å². The lowest BCUT2D eigenvalue weighted by Gasteiger charge is -2.04. The molecule has 1 N–H and O–H groups in total. The summed E-state index contributed by atoms with van der Waals surface area (Å²) in [6.07, 6.45) is 0. The first-order valence-corrected chi connectivity index (χ1v) is 7.52. The zero-order chi connectivity index (χ0) is 13.9. The van der Waals surface area contributed by atoms with Gasteiger partial charge >= 0.3 is 0 Å². The first-order chi connectivity index (χ1) is 9.74. The summed E-state index contributed by atoms with van der Waals surface area (Å²) in [7, 11) is 0. The Hall–Kier alpha value is -1.29. The van der Waals surface area contributed by atoms with E-state index in [4.69, 9.17) is 16.0 Å². The molecule has 0 amide bonds. The number of furan rings is 1. The van der Waals surface area contributed by atoms with E-state index in [0.717, 1.165) is 27.6 Å². The number of para-hydroxylation sites is 1. The third-order valence-electron chi connectivity index (χ3n) is 3.19. The zero-order valence-corrected chi connectivity index (χ0v) is 13.0. The molecule has 0 saturated carbocycles. The Kier molecular flexibility index (Phi) is 4.10. The van der Waals surface area contributed by atoms with Gasteiger partial charge in [-0.15, -0.1) is 0 Å². The topological polar surface area (TPSA) is 25.2 Å². The van der Waals surface area contributed by atoms with Crippen molar-refractivity contribution in [1.82, 2.24) is 5.32 Å². The first-order valence-electron chi connectivity index (χ1n) is 6.35. The molecule has 0 unspecified atom stereocenters. The molecule has 0 aliphatic rings. The normalized spacial score (nSPS) is 11.1. The van der Waals surface area contributed by atoms with Gasteiger partial charge in [-0.3, -0.25) is 0 Å². The van der Waals surface area contributed by atoms with Gasteiger partial charge in [0.1, 0.15) is 5.58 Å². The maximum Gasteiger partial charge on any atom is 0.199 e. The number of halogens is 2. The van der Waals surface area contributed by atoms with E-state index in [1.807, 2.05) is 36.4 Å². The summed E-state index contributed by atoms with van der Waals surface area (Å²) in [5.41, 5.74) is 3.08. The largest absolute Gasteiger partial charge is 0.444 e. The van der Waals surface area contributed by atoms with Crippen LogP contribution in [0.2, 0.25) is 5.22 Å². The summed E-state index contributed by atoms with van der Waals surface area (Å²) >= 11 is 9.59. The molecule has 0 saturated heterocycles. The van der Waals surface area contributed by atoms with Gasteiger partial charge in [0, 0.05) is 28.5 Å². The predicted octanol–water partition coefficient (Wildman–Crippen LogP) is 5.14. The maximum atomic E-state index is 6.16. The quantitative estimate of drug-likeness (QED) is 0.705. The van der Waals surface area contributed by atoms with Crippen LogP contribution in [0.3, 0.4) is 0 Å². The second-order valence-corrected chi connectivity index (χ2v) is 5.84. The minimum absolute atomic E-state index is 0.467. The molecule has 1 heterocycles. The van der Waals surface area contributed by atoms with E-state index < -0.39 is 0 Å². The molecule has 1 aromatic heterocycles. The van der Waals surface area contributed by atoms with E-state index in [1.165, 1.54) is 5.56 Å². The molecule has 20 heavy (non-hydrogen) atoms. The summed E-state index contributed by atoms with van der Waals surface area (Å²) in [4.78, 5) is 0. The van der Waals surface area contributed by atoms with E-state index >= 15 is 0 Å². The van der Waals surface area contributed by atoms with E-state index in [9.17, 15) is 0 Å². The number of rotatable bonds is 4. The Morgan fingerprint density at radius 2 is 1.75 bits per heavy atom. The highest BCUT2D eigenvalue weighted by Gasteiger charge is 2.11. The van der Waals surface area contributed by atoms with E-state index in [-0.39, 0.29) is 0 Å². The van der Waals surface area contributed by atoms with Crippen molar-refractivity contribution in [1.29, 1.82) is 0 Å². The molecule has 0 spiro atoms. The summed E-state index contributed by atoms with van der Waals surface area (Å²) in [6.45, 7) is 1.48. The van der Waals surface area contributed by atoms with E-state index in [2.05, 4.69) is 33.4 Å². The summed E-state index contributed by atoms with van der Waals surface area (Å²) in [6, 6.07) is 16.2. The highest BCUT2D eigenvalue weighted by Crippen LogP contribution is 2.29. The first kappa shape index (κ1) is 13.7. The summed E-state index contributed by atoms with van der Waals surface area (Å²) in [5.74, 6) is 0. The van der Waals surface area contributed by atoms with Gasteiger partial charge in [-0.25, -0.2) is 0 Å². The molecule has 0 radical (unpaired) electrons. The van der Waals surface area contributed by atoms with Crippen LogP contribution >= 0.6 is 27.5 Å². The lowest BCUT2D eigenvalue weighted by molar-refractivity contribution is 0.604. The van der Waals surface area contributed by atoms with E-state index in [1.54, 1.807) is 0 Å². The lowest BCUT2D eigenvalue weighted by atomic mass is 10.1. The maximum absolute atomic E-state index is 6.16. The van der Waals surface area contributed by atoms with Crippen molar-refractivity contribution >= 4 is 38.5 Å². The van der Waals surface area contributed by atoms with Crippen LogP contribution in [0.5, 0.6) is 0 Å². The minimum atomic E-state index is 0.467. The molecule has 0 aliphatic carbocycles. The van der Waals surface area contributed by atoms with Crippen molar-refractivity contribution in [3.05, 3.63) is 69.3 Å². The smallest absolute Gasteiger partial charge is 0.199 e. The Morgan fingerprint density at radius 1 is 1.00 bits per heavy atom. The summed E-state index contributed by atoms with van der Waals surface area (Å²) < 4.78 is 6.62. The van der Waals surface area contributed by atoms with Crippen molar-refractivity contribution in [2.24, 2.45) is 0 Å². The molecular weight excluding hydrogens is 338 g/mol. The van der Waals surface area contributed by atoms with Gasteiger partial charge in [-0.1, -0.05) is 46.3 Å².